The van der Waals surface area contributed by atoms with Crippen molar-refractivity contribution in [3.05, 3.63) is 33.8 Å². The molecule has 0 aliphatic heterocycles. The van der Waals surface area contributed by atoms with Crippen molar-refractivity contribution < 1.29 is 13.9 Å². The number of benzene rings is 1. The molecule has 3 rings (SSSR count). The van der Waals surface area contributed by atoms with E-state index in [1.165, 1.54) is 18.6 Å². The molecule has 0 radical (unpaired) electrons. The SMILES string of the molecule is OC(c1c(F)ccc(Br)c1F)C1C2CCCC21. The standard InChI is InChI=1S/C13H13BrF2O/c14-8-4-5-9(15)11(12(8)16)13(17)10-6-2-1-3-7(6)10/h4-7,10,13,17H,1-3H2. The van der Waals surface area contributed by atoms with Crippen LogP contribution in [0.5, 0.6) is 0 Å². The fourth-order valence-electron chi connectivity index (χ4n) is 3.35. The Morgan fingerprint density at radius 2 is 1.88 bits per heavy atom. The van der Waals surface area contributed by atoms with Crippen molar-refractivity contribution in [2.45, 2.75) is 25.4 Å². The van der Waals surface area contributed by atoms with Crippen molar-refractivity contribution in [1.29, 1.82) is 0 Å². The van der Waals surface area contributed by atoms with E-state index in [-0.39, 0.29) is 16.0 Å². The van der Waals surface area contributed by atoms with E-state index in [0.29, 0.717) is 11.8 Å². The van der Waals surface area contributed by atoms with Gasteiger partial charge in [-0.1, -0.05) is 6.42 Å². The fraction of sp³-hybridized carbons (Fsp3) is 0.538. The van der Waals surface area contributed by atoms with Crippen LogP contribution in [0.1, 0.15) is 30.9 Å². The fourth-order valence-corrected chi connectivity index (χ4v) is 3.70. The van der Waals surface area contributed by atoms with E-state index in [1.807, 2.05) is 0 Å². The van der Waals surface area contributed by atoms with Crippen LogP contribution < -0.4 is 0 Å². The van der Waals surface area contributed by atoms with E-state index in [4.69, 9.17) is 0 Å². The number of hydrogen-bond acceptors (Lipinski definition) is 1. The third-order valence-corrected chi connectivity index (χ3v) is 4.82. The van der Waals surface area contributed by atoms with E-state index in [9.17, 15) is 13.9 Å². The van der Waals surface area contributed by atoms with Crippen LogP contribution in [-0.4, -0.2) is 5.11 Å². The molecule has 3 unspecified atom stereocenters. The van der Waals surface area contributed by atoms with Crippen LogP contribution in [0.3, 0.4) is 0 Å². The summed E-state index contributed by atoms with van der Waals surface area (Å²) in [5.41, 5.74) is -0.168. The highest BCUT2D eigenvalue weighted by Crippen LogP contribution is 2.62. The molecule has 0 amide bonds. The van der Waals surface area contributed by atoms with Crippen molar-refractivity contribution in [3.8, 4) is 0 Å². The molecule has 92 valence electrons. The molecule has 2 saturated carbocycles. The number of aliphatic hydroxyl groups is 1. The van der Waals surface area contributed by atoms with Gasteiger partial charge in [0.25, 0.3) is 0 Å². The average Bonchev–Trinajstić information content (AvgIpc) is 2.78. The van der Waals surface area contributed by atoms with E-state index >= 15 is 0 Å². The number of fused-ring (bicyclic) bond motifs is 1. The third-order valence-electron chi connectivity index (χ3n) is 4.21. The summed E-state index contributed by atoms with van der Waals surface area (Å²) in [6, 6.07) is 2.53. The first-order chi connectivity index (χ1) is 8.11. The summed E-state index contributed by atoms with van der Waals surface area (Å²) < 4.78 is 27.7. The molecule has 3 atom stereocenters. The normalized spacial score (nSPS) is 32.4. The van der Waals surface area contributed by atoms with Gasteiger partial charge in [0.05, 0.1) is 16.1 Å². The van der Waals surface area contributed by atoms with Crippen molar-refractivity contribution in [2.24, 2.45) is 17.8 Å². The molecule has 2 aliphatic carbocycles. The van der Waals surface area contributed by atoms with Crippen molar-refractivity contribution in [1.82, 2.24) is 0 Å². The van der Waals surface area contributed by atoms with Crippen LogP contribution in [0.4, 0.5) is 8.78 Å². The van der Waals surface area contributed by atoms with E-state index in [1.54, 1.807) is 0 Å². The molecule has 2 aliphatic rings. The maximum Gasteiger partial charge on any atom is 0.146 e. The first-order valence-corrected chi connectivity index (χ1v) is 6.72. The van der Waals surface area contributed by atoms with Gasteiger partial charge in [-0.15, -0.1) is 0 Å². The summed E-state index contributed by atoms with van der Waals surface area (Å²) in [4.78, 5) is 0. The van der Waals surface area contributed by atoms with Crippen molar-refractivity contribution >= 4 is 15.9 Å². The molecule has 1 aromatic carbocycles. The number of hydrogen-bond donors (Lipinski definition) is 1. The number of rotatable bonds is 2. The lowest BCUT2D eigenvalue weighted by molar-refractivity contribution is 0.128. The predicted molar refractivity (Wildman–Crippen MR) is 63.3 cm³/mol. The van der Waals surface area contributed by atoms with Crippen molar-refractivity contribution in [2.75, 3.05) is 0 Å². The highest BCUT2D eigenvalue weighted by molar-refractivity contribution is 9.10. The molecule has 0 aromatic heterocycles. The summed E-state index contributed by atoms with van der Waals surface area (Å²) in [6.45, 7) is 0. The minimum Gasteiger partial charge on any atom is -0.388 e. The molecular weight excluding hydrogens is 290 g/mol. The Labute approximate surface area is 107 Å². The lowest BCUT2D eigenvalue weighted by Gasteiger charge is -2.15. The Bertz CT molecular complexity index is 453. The molecule has 17 heavy (non-hydrogen) atoms. The van der Waals surface area contributed by atoms with E-state index in [2.05, 4.69) is 15.9 Å². The van der Waals surface area contributed by atoms with Gasteiger partial charge in [0.1, 0.15) is 11.6 Å². The highest BCUT2D eigenvalue weighted by Gasteiger charge is 2.56. The molecule has 0 heterocycles. The minimum absolute atomic E-state index is 0.0575. The second kappa shape index (κ2) is 4.02. The number of halogens is 3. The second-order valence-electron chi connectivity index (χ2n) is 5.04. The van der Waals surface area contributed by atoms with Crippen LogP contribution in [0.25, 0.3) is 0 Å². The highest BCUT2D eigenvalue weighted by atomic mass is 79.9. The summed E-state index contributed by atoms with van der Waals surface area (Å²) in [5.74, 6) is -0.307. The molecule has 1 nitrogen and oxygen atoms in total. The van der Waals surface area contributed by atoms with Gasteiger partial charge in [0.15, 0.2) is 0 Å². The van der Waals surface area contributed by atoms with Gasteiger partial charge in [-0.3, -0.25) is 0 Å². The van der Waals surface area contributed by atoms with Gasteiger partial charge in [0.2, 0.25) is 0 Å². The first-order valence-electron chi connectivity index (χ1n) is 5.92. The smallest absolute Gasteiger partial charge is 0.146 e. The maximum atomic E-state index is 13.8. The Morgan fingerprint density at radius 1 is 1.24 bits per heavy atom. The zero-order valence-electron chi connectivity index (χ0n) is 9.17. The van der Waals surface area contributed by atoms with Gasteiger partial charge >= 0.3 is 0 Å². The van der Waals surface area contributed by atoms with E-state index < -0.39 is 17.7 Å². The Hall–Kier alpha value is -0.480. The quantitative estimate of drug-likeness (QED) is 0.824. The summed E-state index contributed by atoms with van der Waals surface area (Å²) in [7, 11) is 0. The second-order valence-corrected chi connectivity index (χ2v) is 5.89. The molecular formula is C13H13BrF2O. The lowest BCUT2D eigenvalue weighted by atomic mass is 9.99. The number of aliphatic hydroxyl groups excluding tert-OH is 1. The van der Waals surface area contributed by atoms with E-state index in [0.717, 1.165) is 12.8 Å². The molecule has 0 saturated heterocycles. The van der Waals surface area contributed by atoms with Crippen LogP contribution in [0.15, 0.2) is 16.6 Å². The van der Waals surface area contributed by atoms with Gasteiger partial charge in [-0.05, 0) is 58.7 Å². The molecule has 0 bridgehead atoms. The summed E-state index contributed by atoms with van der Waals surface area (Å²) in [5, 5.41) is 10.2. The molecule has 1 aromatic rings. The zero-order chi connectivity index (χ0) is 12.2. The molecule has 4 heteroatoms. The van der Waals surface area contributed by atoms with Gasteiger partial charge in [-0.2, -0.15) is 0 Å². The molecule has 0 spiro atoms. The largest absolute Gasteiger partial charge is 0.388 e. The van der Waals surface area contributed by atoms with Gasteiger partial charge < -0.3 is 5.11 Å². The maximum absolute atomic E-state index is 13.8. The molecule has 1 N–H and O–H groups in total. The van der Waals surface area contributed by atoms with Gasteiger partial charge in [-0.25, -0.2) is 8.78 Å². The molecule has 2 fully saturated rings. The zero-order valence-corrected chi connectivity index (χ0v) is 10.8. The Morgan fingerprint density at radius 3 is 2.53 bits per heavy atom. The lowest BCUT2D eigenvalue weighted by Crippen LogP contribution is -2.09. The summed E-state index contributed by atoms with van der Waals surface area (Å²) >= 11 is 3.03. The minimum atomic E-state index is -0.997. The topological polar surface area (TPSA) is 20.2 Å². The van der Waals surface area contributed by atoms with Gasteiger partial charge in [0, 0.05) is 0 Å². The monoisotopic (exact) mass is 302 g/mol. The Balaban J connectivity index is 1.91. The third kappa shape index (κ3) is 1.73. The average molecular weight is 303 g/mol. The van der Waals surface area contributed by atoms with Crippen LogP contribution in [-0.2, 0) is 0 Å². The van der Waals surface area contributed by atoms with Crippen LogP contribution >= 0.6 is 15.9 Å². The predicted octanol–water partition coefficient (Wildman–Crippen LogP) is 3.81. The summed E-state index contributed by atoms with van der Waals surface area (Å²) in [6.07, 6.45) is 2.36. The first kappa shape index (κ1) is 11.6. The van der Waals surface area contributed by atoms with Crippen molar-refractivity contribution in [3.63, 3.8) is 0 Å². The van der Waals surface area contributed by atoms with Crippen LogP contribution in [0, 0.1) is 29.4 Å². The Kier molecular flexibility index (Phi) is 2.75. The van der Waals surface area contributed by atoms with Crippen LogP contribution in [0.2, 0.25) is 0 Å².